The first kappa shape index (κ1) is 13.9. The van der Waals surface area contributed by atoms with Crippen molar-refractivity contribution in [3.05, 3.63) is 27.0 Å². The lowest BCUT2D eigenvalue weighted by molar-refractivity contribution is 0.820. The van der Waals surface area contributed by atoms with Crippen molar-refractivity contribution < 1.29 is 0 Å². The van der Waals surface area contributed by atoms with E-state index in [1.54, 1.807) is 11.3 Å². The number of hydrogen-bond donors (Lipinski definition) is 1. The van der Waals surface area contributed by atoms with Crippen molar-refractivity contribution in [3.8, 4) is 0 Å². The van der Waals surface area contributed by atoms with Gasteiger partial charge in [-0.05, 0) is 26.7 Å². The van der Waals surface area contributed by atoms with Crippen LogP contribution in [0.3, 0.4) is 0 Å². The lowest BCUT2D eigenvalue weighted by Crippen LogP contribution is -2.09. The molecule has 6 heteroatoms. The molecule has 2 heterocycles. The van der Waals surface area contributed by atoms with Gasteiger partial charge in [-0.15, -0.1) is 16.4 Å². The van der Waals surface area contributed by atoms with Crippen LogP contribution < -0.4 is 5.32 Å². The number of nitrogens with one attached hydrogen (secondary N) is 1. The van der Waals surface area contributed by atoms with Gasteiger partial charge < -0.3 is 5.32 Å². The third kappa shape index (κ3) is 3.26. The van der Waals surface area contributed by atoms with E-state index >= 15 is 0 Å². The zero-order chi connectivity index (χ0) is 13.8. The summed E-state index contributed by atoms with van der Waals surface area (Å²) in [5.41, 5.74) is 3.08. The molecule has 0 fully saturated rings. The Morgan fingerprint density at radius 2 is 1.74 bits per heavy atom. The second-order valence-corrected chi connectivity index (χ2v) is 5.62. The zero-order valence-corrected chi connectivity index (χ0v) is 12.6. The standard InChI is InChI=1S/C13H19N5S/c1-5-10-11(6-2)17-18-13(16-10)14-7-12-8(3)15-9(4)19-12/h5-7H2,1-4H3,(H,14,16,18). The first-order valence-corrected chi connectivity index (χ1v) is 7.34. The van der Waals surface area contributed by atoms with Gasteiger partial charge in [0.15, 0.2) is 0 Å². The van der Waals surface area contributed by atoms with E-state index in [2.05, 4.69) is 39.3 Å². The fourth-order valence-electron chi connectivity index (χ4n) is 1.91. The Labute approximate surface area is 117 Å². The highest BCUT2D eigenvalue weighted by molar-refractivity contribution is 7.11. The zero-order valence-electron chi connectivity index (χ0n) is 11.8. The molecule has 0 amide bonds. The first-order chi connectivity index (χ1) is 9.13. The van der Waals surface area contributed by atoms with Crippen molar-refractivity contribution in [2.24, 2.45) is 0 Å². The largest absolute Gasteiger partial charge is 0.348 e. The molecule has 0 radical (unpaired) electrons. The summed E-state index contributed by atoms with van der Waals surface area (Å²) in [4.78, 5) is 10.1. The number of aromatic nitrogens is 4. The van der Waals surface area contributed by atoms with E-state index in [0.717, 1.165) is 34.9 Å². The average Bonchev–Trinajstić information content (AvgIpc) is 2.74. The molecule has 0 aliphatic rings. The van der Waals surface area contributed by atoms with Crippen LogP contribution in [0, 0.1) is 13.8 Å². The van der Waals surface area contributed by atoms with Crippen molar-refractivity contribution in [2.45, 2.75) is 47.1 Å². The van der Waals surface area contributed by atoms with Crippen LogP contribution in [0.4, 0.5) is 5.95 Å². The maximum Gasteiger partial charge on any atom is 0.243 e. The summed E-state index contributed by atoms with van der Waals surface area (Å²) in [6.07, 6.45) is 1.75. The Bertz CT molecular complexity index is 564. The summed E-state index contributed by atoms with van der Waals surface area (Å²) in [7, 11) is 0. The van der Waals surface area contributed by atoms with Crippen LogP contribution in [-0.2, 0) is 19.4 Å². The molecule has 0 saturated heterocycles. The Kier molecular flexibility index (Phi) is 4.42. The molecular weight excluding hydrogens is 258 g/mol. The fraction of sp³-hybridized carbons (Fsp3) is 0.538. The number of nitrogens with zero attached hydrogens (tertiary/aromatic N) is 4. The van der Waals surface area contributed by atoms with Crippen LogP contribution in [-0.4, -0.2) is 20.2 Å². The van der Waals surface area contributed by atoms with E-state index in [1.807, 2.05) is 13.8 Å². The molecular formula is C13H19N5S. The number of thiazole rings is 1. The molecule has 2 aromatic rings. The lowest BCUT2D eigenvalue weighted by Gasteiger charge is -2.07. The minimum Gasteiger partial charge on any atom is -0.348 e. The van der Waals surface area contributed by atoms with Crippen LogP contribution >= 0.6 is 11.3 Å². The molecule has 0 aliphatic heterocycles. The summed E-state index contributed by atoms with van der Waals surface area (Å²) < 4.78 is 0. The molecule has 1 N–H and O–H groups in total. The van der Waals surface area contributed by atoms with Crippen molar-refractivity contribution in [1.29, 1.82) is 0 Å². The highest BCUT2D eigenvalue weighted by Gasteiger charge is 2.08. The van der Waals surface area contributed by atoms with Crippen molar-refractivity contribution in [3.63, 3.8) is 0 Å². The first-order valence-electron chi connectivity index (χ1n) is 6.53. The van der Waals surface area contributed by atoms with E-state index in [4.69, 9.17) is 0 Å². The van der Waals surface area contributed by atoms with Gasteiger partial charge in [0.2, 0.25) is 5.95 Å². The van der Waals surface area contributed by atoms with Crippen molar-refractivity contribution >= 4 is 17.3 Å². The Hall–Kier alpha value is -1.56. The Balaban J connectivity index is 2.09. The maximum absolute atomic E-state index is 4.51. The van der Waals surface area contributed by atoms with E-state index in [1.165, 1.54) is 4.88 Å². The second kappa shape index (κ2) is 6.06. The van der Waals surface area contributed by atoms with Gasteiger partial charge in [0.1, 0.15) is 0 Å². The highest BCUT2D eigenvalue weighted by atomic mass is 32.1. The van der Waals surface area contributed by atoms with Crippen molar-refractivity contribution in [2.75, 3.05) is 5.32 Å². The van der Waals surface area contributed by atoms with Gasteiger partial charge in [-0.25, -0.2) is 9.97 Å². The van der Waals surface area contributed by atoms with Crippen LogP contribution in [0.2, 0.25) is 0 Å². The van der Waals surface area contributed by atoms with Gasteiger partial charge >= 0.3 is 0 Å². The Morgan fingerprint density at radius 3 is 2.32 bits per heavy atom. The molecule has 19 heavy (non-hydrogen) atoms. The third-order valence-corrected chi connectivity index (χ3v) is 3.99. The maximum atomic E-state index is 4.51. The van der Waals surface area contributed by atoms with E-state index in [-0.39, 0.29) is 0 Å². The molecule has 0 aliphatic carbocycles. The predicted octanol–water partition coefficient (Wildman–Crippen LogP) is 2.68. The molecule has 0 saturated carbocycles. The summed E-state index contributed by atoms with van der Waals surface area (Å²) in [5.74, 6) is 0.597. The number of aryl methyl sites for hydroxylation is 4. The molecule has 102 valence electrons. The van der Waals surface area contributed by atoms with Crippen molar-refractivity contribution in [1.82, 2.24) is 20.2 Å². The smallest absolute Gasteiger partial charge is 0.243 e. The minimum atomic E-state index is 0.597. The SMILES string of the molecule is CCc1nnc(NCc2sc(C)nc2C)nc1CC. The number of hydrogen-bond acceptors (Lipinski definition) is 6. The normalized spacial score (nSPS) is 10.7. The van der Waals surface area contributed by atoms with Gasteiger partial charge in [0, 0.05) is 4.88 Å². The number of rotatable bonds is 5. The van der Waals surface area contributed by atoms with Gasteiger partial charge in [0.25, 0.3) is 0 Å². The van der Waals surface area contributed by atoms with E-state index in [0.29, 0.717) is 12.5 Å². The predicted molar refractivity (Wildman–Crippen MR) is 77.5 cm³/mol. The molecule has 0 atom stereocenters. The number of anilines is 1. The van der Waals surface area contributed by atoms with Gasteiger partial charge in [-0.2, -0.15) is 5.10 Å². The summed E-state index contributed by atoms with van der Waals surface area (Å²) in [5, 5.41) is 12.7. The Morgan fingerprint density at radius 1 is 1.00 bits per heavy atom. The average molecular weight is 277 g/mol. The van der Waals surface area contributed by atoms with Crippen LogP contribution in [0.1, 0.15) is 40.8 Å². The second-order valence-electron chi connectivity index (χ2n) is 4.33. The summed E-state index contributed by atoms with van der Waals surface area (Å²) in [6, 6.07) is 0. The van der Waals surface area contributed by atoms with Gasteiger partial charge in [0.05, 0.1) is 28.6 Å². The van der Waals surface area contributed by atoms with E-state index < -0.39 is 0 Å². The quantitative estimate of drug-likeness (QED) is 0.910. The molecule has 0 spiro atoms. The highest BCUT2D eigenvalue weighted by Crippen LogP contribution is 2.18. The fourth-order valence-corrected chi connectivity index (χ4v) is 2.79. The summed E-state index contributed by atoms with van der Waals surface area (Å²) >= 11 is 1.70. The topological polar surface area (TPSA) is 63.6 Å². The minimum absolute atomic E-state index is 0.597. The van der Waals surface area contributed by atoms with E-state index in [9.17, 15) is 0 Å². The van der Waals surface area contributed by atoms with Gasteiger partial charge in [-0.3, -0.25) is 0 Å². The molecule has 0 unspecified atom stereocenters. The van der Waals surface area contributed by atoms with Crippen LogP contribution in [0.15, 0.2) is 0 Å². The molecule has 2 aromatic heterocycles. The lowest BCUT2D eigenvalue weighted by atomic mass is 10.2. The summed E-state index contributed by atoms with van der Waals surface area (Å²) in [6.45, 7) is 8.90. The molecule has 0 bridgehead atoms. The van der Waals surface area contributed by atoms with Gasteiger partial charge in [-0.1, -0.05) is 13.8 Å². The molecule has 0 aromatic carbocycles. The van der Waals surface area contributed by atoms with Crippen LogP contribution in [0.25, 0.3) is 0 Å². The van der Waals surface area contributed by atoms with Crippen LogP contribution in [0.5, 0.6) is 0 Å². The monoisotopic (exact) mass is 277 g/mol. The molecule has 5 nitrogen and oxygen atoms in total. The third-order valence-electron chi connectivity index (χ3n) is 2.92. The molecule has 2 rings (SSSR count).